The lowest BCUT2D eigenvalue weighted by Gasteiger charge is -2.14. The summed E-state index contributed by atoms with van der Waals surface area (Å²) >= 11 is 0. The van der Waals surface area contributed by atoms with E-state index in [9.17, 15) is 0 Å². The molecule has 18 heavy (non-hydrogen) atoms. The van der Waals surface area contributed by atoms with Crippen LogP contribution in [0.15, 0.2) is 30.3 Å². The topological polar surface area (TPSA) is 54.5 Å². The Balaban J connectivity index is 2.56. The molecule has 0 aliphatic rings. The van der Waals surface area contributed by atoms with E-state index in [0.717, 1.165) is 24.2 Å². The highest BCUT2D eigenvalue weighted by molar-refractivity contribution is 5.37. The Morgan fingerprint density at radius 3 is 2.44 bits per heavy atom. The number of nitrogens with zero attached hydrogens (tertiary/aromatic N) is 4. The third kappa shape index (κ3) is 2.12. The molecular formula is C14H16N4. The largest absolute Gasteiger partial charge is 0.216 e. The highest BCUT2D eigenvalue weighted by Gasteiger charge is 2.20. The maximum absolute atomic E-state index is 9.15. The van der Waals surface area contributed by atoms with Crippen molar-refractivity contribution < 1.29 is 0 Å². The van der Waals surface area contributed by atoms with Crippen molar-refractivity contribution >= 4 is 0 Å². The van der Waals surface area contributed by atoms with Gasteiger partial charge >= 0.3 is 0 Å². The molecule has 4 heteroatoms. The molecule has 0 radical (unpaired) electrons. The summed E-state index contributed by atoms with van der Waals surface area (Å²) in [5.41, 5.74) is 2.31. The SMILES string of the molecule is CCC(CC)c1c(C#N)nnn1-c1ccccc1. The Labute approximate surface area is 107 Å². The first-order valence-corrected chi connectivity index (χ1v) is 6.22. The minimum Gasteiger partial charge on any atom is -0.216 e. The molecule has 0 atom stereocenters. The molecule has 0 amide bonds. The number of nitriles is 1. The first-order chi connectivity index (χ1) is 8.81. The van der Waals surface area contributed by atoms with Crippen LogP contribution in [-0.4, -0.2) is 15.0 Å². The van der Waals surface area contributed by atoms with Crippen LogP contribution in [0.1, 0.15) is 44.0 Å². The summed E-state index contributed by atoms with van der Waals surface area (Å²) in [6, 6.07) is 12.0. The second kappa shape index (κ2) is 5.46. The first kappa shape index (κ1) is 12.3. The van der Waals surface area contributed by atoms with E-state index < -0.39 is 0 Å². The maximum Gasteiger partial charge on any atom is 0.186 e. The van der Waals surface area contributed by atoms with Gasteiger partial charge in [-0.15, -0.1) is 5.10 Å². The molecule has 0 aliphatic carbocycles. The fourth-order valence-corrected chi connectivity index (χ4v) is 2.17. The minimum absolute atomic E-state index is 0.315. The smallest absolute Gasteiger partial charge is 0.186 e. The van der Waals surface area contributed by atoms with E-state index >= 15 is 0 Å². The van der Waals surface area contributed by atoms with Gasteiger partial charge in [-0.3, -0.25) is 0 Å². The zero-order valence-electron chi connectivity index (χ0n) is 10.7. The number of aromatic nitrogens is 3. The number of benzene rings is 1. The second-order valence-electron chi connectivity index (χ2n) is 4.20. The average molecular weight is 240 g/mol. The van der Waals surface area contributed by atoms with Crippen LogP contribution >= 0.6 is 0 Å². The van der Waals surface area contributed by atoms with Gasteiger partial charge in [-0.05, 0) is 25.0 Å². The van der Waals surface area contributed by atoms with Crippen molar-refractivity contribution in [2.75, 3.05) is 0 Å². The normalized spacial score (nSPS) is 10.6. The molecule has 92 valence electrons. The lowest BCUT2D eigenvalue weighted by atomic mass is 9.97. The Morgan fingerprint density at radius 1 is 1.22 bits per heavy atom. The van der Waals surface area contributed by atoms with E-state index in [0.29, 0.717) is 11.6 Å². The molecule has 2 aromatic rings. The summed E-state index contributed by atoms with van der Waals surface area (Å²) in [7, 11) is 0. The molecule has 1 heterocycles. The number of para-hydroxylation sites is 1. The van der Waals surface area contributed by atoms with Gasteiger partial charge in [0.25, 0.3) is 0 Å². The maximum atomic E-state index is 9.15. The Hall–Kier alpha value is -2.15. The predicted octanol–water partition coefficient (Wildman–Crippen LogP) is 3.04. The van der Waals surface area contributed by atoms with E-state index in [2.05, 4.69) is 30.2 Å². The van der Waals surface area contributed by atoms with Gasteiger partial charge in [0, 0.05) is 5.92 Å². The van der Waals surface area contributed by atoms with Gasteiger partial charge in [-0.1, -0.05) is 37.3 Å². The molecule has 0 bridgehead atoms. The van der Waals surface area contributed by atoms with Crippen molar-refractivity contribution in [2.24, 2.45) is 0 Å². The fraction of sp³-hybridized carbons (Fsp3) is 0.357. The molecule has 2 rings (SSSR count). The Kier molecular flexibility index (Phi) is 3.73. The Morgan fingerprint density at radius 2 is 1.89 bits per heavy atom. The summed E-state index contributed by atoms with van der Waals surface area (Å²) < 4.78 is 1.79. The van der Waals surface area contributed by atoms with Gasteiger partial charge in [-0.25, -0.2) is 4.68 Å². The molecule has 4 nitrogen and oxygen atoms in total. The second-order valence-corrected chi connectivity index (χ2v) is 4.20. The number of hydrogen-bond donors (Lipinski definition) is 0. The van der Waals surface area contributed by atoms with E-state index in [-0.39, 0.29) is 0 Å². The van der Waals surface area contributed by atoms with Crippen LogP contribution in [0.3, 0.4) is 0 Å². The zero-order chi connectivity index (χ0) is 13.0. The van der Waals surface area contributed by atoms with Gasteiger partial charge in [-0.2, -0.15) is 5.26 Å². The highest BCUT2D eigenvalue weighted by Crippen LogP contribution is 2.26. The molecule has 1 aromatic carbocycles. The van der Waals surface area contributed by atoms with Crippen LogP contribution in [0, 0.1) is 11.3 Å². The van der Waals surface area contributed by atoms with E-state index in [4.69, 9.17) is 5.26 Å². The van der Waals surface area contributed by atoms with Crippen molar-refractivity contribution in [1.29, 1.82) is 5.26 Å². The van der Waals surface area contributed by atoms with E-state index in [1.165, 1.54) is 0 Å². The third-order valence-corrected chi connectivity index (χ3v) is 3.18. The molecular weight excluding hydrogens is 224 g/mol. The van der Waals surface area contributed by atoms with Gasteiger partial charge in [0.1, 0.15) is 6.07 Å². The molecule has 0 aliphatic heterocycles. The number of rotatable bonds is 4. The van der Waals surface area contributed by atoms with Crippen LogP contribution < -0.4 is 0 Å². The van der Waals surface area contributed by atoms with Crippen LogP contribution in [0.5, 0.6) is 0 Å². The van der Waals surface area contributed by atoms with Gasteiger partial charge < -0.3 is 0 Å². The van der Waals surface area contributed by atoms with Crippen LogP contribution in [0.25, 0.3) is 5.69 Å². The molecule has 1 aromatic heterocycles. The fourth-order valence-electron chi connectivity index (χ4n) is 2.17. The van der Waals surface area contributed by atoms with Gasteiger partial charge in [0.05, 0.1) is 11.4 Å². The summed E-state index contributed by atoms with van der Waals surface area (Å²) in [6.45, 7) is 4.25. The quantitative estimate of drug-likeness (QED) is 0.825. The van der Waals surface area contributed by atoms with E-state index in [1.54, 1.807) is 4.68 Å². The molecule has 0 spiro atoms. The molecule has 0 unspecified atom stereocenters. The minimum atomic E-state index is 0.315. The standard InChI is InChI=1S/C14H16N4/c1-3-11(4-2)14-13(10-15)16-17-18(14)12-8-6-5-7-9-12/h5-9,11H,3-4H2,1-2H3. The van der Waals surface area contributed by atoms with Crippen LogP contribution in [0.4, 0.5) is 0 Å². The summed E-state index contributed by atoms with van der Waals surface area (Å²) in [6.07, 6.45) is 1.96. The lowest BCUT2D eigenvalue weighted by Crippen LogP contribution is -2.08. The van der Waals surface area contributed by atoms with Gasteiger partial charge in [0.2, 0.25) is 0 Å². The highest BCUT2D eigenvalue weighted by atomic mass is 15.4. The zero-order valence-corrected chi connectivity index (χ0v) is 10.7. The molecule has 0 saturated heterocycles. The van der Waals surface area contributed by atoms with E-state index in [1.807, 2.05) is 30.3 Å². The predicted molar refractivity (Wildman–Crippen MR) is 69.4 cm³/mol. The summed E-state index contributed by atoms with van der Waals surface area (Å²) in [4.78, 5) is 0. The number of hydrogen-bond acceptors (Lipinski definition) is 3. The summed E-state index contributed by atoms with van der Waals surface area (Å²) in [5, 5.41) is 17.3. The summed E-state index contributed by atoms with van der Waals surface area (Å²) in [5.74, 6) is 0.315. The molecule has 0 fully saturated rings. The Bertz CT molecular complexity index is 547. The van der Waals surface area contributed by atoms with Crippen molar-refractivity contribution in [1.82, 2.24) is 15.0 Å². The third-order valence-electron chi connectivity index (χ3n) is 3.18. The van der Waals surface area contributed by atoms with Crippen molar-refractivity contribution in [3.63, 3.8) is 0 Å². The van der Waals surface area contributed by atoms with Gasteiger partial charge in [0.15, 0.2) is 5.69 Å². The van der Waals surface area contributed by atoms with Crippen LogP contribution in [-0.2, 0) is 0 Å². The van der Waals surface area contributed by atoms with Crippen molar-refractivity contribution in [3.05, 3.63) is 41.7 Å². The molecule has 0 saturated carbocycles. The lowest BCUT2D eigenvalue weighted by molar-refractivity contribution is 0.594. The monoisotopic (exact) mass is 240 g/mol. The first-order valence-electron chi connectivity index (χ1n) is 6.22. The van der Waals surface area contributed by atoms with Crippen LogP contribution in [0.2, 0.25) is 0 Å². The average Bonchev–Trinajstić information content (AvgIpc) is 2.85. The van der Waals surface area contributed by atoms with Crippen molar-refractivity contribution in [3.8, 4) is 11.8 Å². The van der Waals surface area contributed by atoms with Crippen molar-refractivity contribution in [2.45, 2.75) is 32.6 Å². The molecule has 0 N–H and O–H groups in total.